The highest BCUT2D eigenvalue weighted by Crippen LogP contribution is 2.17. The lowest BCUT2D eigenvalue weighted by molar-refractivity contribution is -0.142. The third-order valence-corrected chi connectivity index (χ3v) is 4.46. The van der Waals surface area contributed by atoms with Crippen LogP contribution in [-0.2, 0) is 20.7 Å². The van der Waals surface area contributed by atoms with E-state index in [0.717, 1.165) is 12.2 Å². The summed E-state index contributed by atoms with van der Waals surface area (Å²) in [5, 5.41) is 4.74. The fourth-order valence-electron chi connectivity index (χ4n) is 2.32. The van der Waals surface area contributed by atoms with Gasteiger partial charge in [0.1, 0.15) is 5.75 Å². The van der Waals surface area contributed by atoms with Gasteiger partial charge < -0.3 is 14.8 Å². The third-order valence-electron chi connectivity index (χ3n) is 3.66. The molecule has 1 heterocycles. The summed E-state index contributed by atoms with van der Waals surface area (Å²) in [7, 11) is 0. The lowest BCUT2D eigenvalue weighted by Gasteiger charge is -2.06. The van der Waals surface area contributed by atoms with E-state index in [0.29, 0.717) is 29.6 Å². The Labute approximate surface area is 168 Å². The molecule has 0 atom stereocenters. The van der Waals surface area contributed by atoms with Crippen LogP contribution in [0.1, 0.15) is 49.2 Å². The SMILES string of the molecule is CCCOc1ccc(C(=O)CCC(=O)Nc2nc(CC(=O)OCC)cs2)cc1. The first-order valence-electron chi connectivity index (χ1n) is 9.17. The largest absolute Gasteiger partial charge is 0.494 e. The van der Waals surface area contributed by atoms with E-state index in [1.165, 1.54) is 11.3 Å². The van der Waals surface area contributed by atoms with Crippen LogP contribution < -0.4 is 10.1 Å². The number of nitrogens with one attached hydrogen (secondary N) is 1. The van der Waals surface area contributed by atoms with Crippen molar-refractivity contribution in [2.45, 2.75) is 39.5 Å². The molecule has 0 bridgehead atoms. The van der Waals surface area contributed by atoms with Crippen LogP contribution in [0.15, 0.2) is 29.6 Å². The average molecular weight is 404 g/mol. The number of carbonyl (C=O) groups is 3. The Bertz CT molecular complexity index is 801. The maximum atomic E-state index is 12.2. The minimum Gasteiger partial charge on any atom is -0.494 e. The first-order valence-corrected chi connectivity index (χ1v) is 10.1. The quantitative estimate of drug-likeness (QED) is 0.454. The van der Waals surface area contributed by atoms with E-state index >= 15 is 0 Å². The summed E-state index contributed by atoms with van der Waals surface area (Å²) in [4.78, 5) is 39.9. The van der Waals surface area contributed by atoms with Gasteiger partial charge in [-0.15, -0.1) is 11.3 Å². The predicted octanol–water partition coefficient (Wildman–Crippen LogP) is 3.64. The monoisotopic (exact) mass is 404 g/mol. The Morgan fingerprint density at radius 2 is 1.86 bits per heavy atom. The second-order valence-corrected chi connectivity index (χ2v) is 6.83. The molecule has 0 aliphatic carbocycles. The molecule has 0 spiro atoms. The molecule has 0 saturated carbocycles. The van der Waals surface area contributed by atoms with Crippen molar-refractivity contribution in [3.8, 4) is 5.75 Å². The normalized spacial score (nSPS) is 10.4. The summed E-state index contributed by atoms with van der Waals surface area (Å²) in [5.41, 5.74) is 1.09. The maximum absolute atomic E-state index is 12.2. The van der Waals surface area contributed by atoms with Crippen molar-refractivity contribution in [1.82, 2.24) is 4.98 Å². The number of Topliss-reactive ketones (excluding diaryl/α,β-unsaturated/α-hetero) is 1. The minimum atomic E-state index is -0.359. The maximum Gasteiger partial charge on any atom is 0.311 e. The van der Waals surface area contributed by atoms with Crippen molar-refractivity contribution in [3.05, 3.63) is 40.9 Å². The smallest absolute Gasteiger partial charge is 0.311 e. The summed E-state index contributed by atoms with van der Waals surface area (Å²) in [5.74, 6) is -0.0477. The number of benzene rings is 1. The number of nitrogens with zero attached hydrogens (tertiary/aromatic N) is 1. The van der Waals surface area contributed by atoms with E-state index in [-0.39, 0.29) is 36.9 Å². The van der Waals surface area contributed by atoms with E-state index < -0.39 is 0 Å². The topological polar surface area (TPSA) is 94.6 Å². The van der Waals surface area contributed by atoms with Gasteiger partial charge in [0.05, 0.1) is 25.3 Å². The fourth-order valence-corrected chi connectivity index (χ4v) is 3.04. The Balaban J connectivity index is 1.78. The standard InChI is InChI=1S/C20H24N2O5S/c1-3-11-27-16-7-5-14(6-8-16)17(23)9-10-18(24)22-20-21-15(13-28-20)12-19(25)26-4-2/h5-8,13H,3-4,9-12H2,1-2H3,(H,21,22,24). The first kappa shape index (κ1) is 21.6. The third kappa shape index (κ3) is 7.11. The molecule has 0 saturated heterocycles. The van der Waals surface area contributed by atoms with Crippen molar-refractivity contribution in [2.75, 3.05) is 18.5 Å². The molecule has 1 aromatic carbocycles. The number of amides is 1. The van der Waals surface area contributed by atoms with Gasteiger partial charge in [-0.1, -0.05) is 6.92 Å². The first-order chi connectivity index (χ1) is 13.5. The number of carbonyl (C=O) groups excluding carboxylic acids is 3. The van der Waals surface area contributed by atoms with Gasteiger partial charge in [-0.3, -0.25) is 14.4 Å². The van der Waals surface area contributed by atoms with Crippen LogP contribution in [0.2, 0.25) is 0 Å². The number of ether oxygens (including phenoxy) is 2. The van der Waals surface area contributed by atoms with Gasteiger partial charge in [-0.05, 0) is 37.6 Å². The molecule has 7 nitrogen and oxygen atoms in total. The lowest BCUT2D eigenvalue weighted by atomic mass is 10.1. The molecule has 1 aromatic heterocycles. The van der Waals surface area contributed by atoms with E-state index in [4.69, 9.17) is 9.47 Å². The molecule has 28 heavy (non-hydrogen) atoms. The highest BCUT2D eigenvalue weighted by molar-refractivity contribution is 7.13. The van der Waals surface area contributed by atoms with Crippen molar-refractivity contribution in [3.63, 3.8) is 0 Å². The number of rotatable bonds is 11. The highest BCUT2D eigenvalue weighted by Gasteiger charge is 2.13. The molecular weight excluding hydrogens is 380 g/mol. The number of hydrogen-bond acceptors (Lipinski definition) is 7. The van der Waals surface area contributed by atoms with Gasteiger partial charge in [-0.2, -0.15) is 0 Å². The number of anilines is 1. The number of ketones is 1. The van der Waals surface area contributed by atoms with Crippen LogP contribution in [0.5, 0.6) is 5.75 Å². The zero-order valence-electron chi connectivity index (χ0n) is 16.0. The van der Waals surface area contributed by atoms with Gasteiger partial charge in [0.25, 0.3) is 0 Å². The Morgan fingerprint density at radius 3 is 2.54 bits per heavy atom. The average Bonchev–Trinajstić information content (AvgIpc) is 3.11. The molecule has 2 aromatic rings. The zero-order chi connectivity index (χ0) is 20.4. The number of aromatic nitrogens is 1. The summed E-state index contributed by atoms with van der Waals surface area (Å²) in [6.07, 6.45) is 1.14. The Morgan fingerprint density at radius 1 is 1.11 bits per heavy atom. The van der Waals surface area contributed by atoms with Crippen LogP contribution in [-0.4, -0.2) is 35.9 Å². The summed E-state index contributed by atoms with van der Waals surface area (Å²) in [6, 6.07) is 6.91. The van der Waals surface area contributed by atoms with Crippen LogP contribution in [0.25, 0.3) is 0 Å². The fraction of sp³-hybridized carbons (Fsp3) is 0.400. The van der Waals surface area contributed by atoms with Gasteiger partial charge in [0.15, 0.2) is 10.9 Å². The highest BCUT2D eigenvalue weighted by atomic mass is 32.1. The van der Waals surface area contributed by atoms with Gasteiger partial charge >= 0.3 is 5.97 Å². The molecule has 8 heteroatoms. The van der Waals surface area contributed by atoms with E-state index in [2.05, 4.69) is 10.3 Å². The number of thiazole rings is 1. The Hall–Kier alpha value is -2.74. The van der Waals surface area contributed by atoms with Crippen LogP contribution in [0, 0.1) is 0 Å². The second kappa shape index (κ2) is 11.2. The molecule has 2 rings (SSSR count). The van der Waals surface area contributed by atoms with Crippen molar-refractivity contribution < 1.29 is 23.9 Å². The lowest BCUT2D eigenvalue weighted by Crippen LogP contribution is -2.13. The molecule has 1 N–H and O–H groups in total. The van der Waals surface area contributed by atoms with Gasteiger partial charge in [0, 0.05) is 23.8 Å². The molecule has 0 fully saturated rings. The summed E-state index contributed by atoms with van der Waals surface area (Å²) >= 11 is 1.23. The van der Waals surface area contributed by atoms with E-state index in [1.54, 1.807) is 36.6 Å². The van der Waals surface area contributed by atoms with E-state index in [9.17, 15) is 14.4 Å². The Kier molecular flexibility index (Phi) is 8.61. The molecule has 0 aliphatic heterocycles. The molecule has 0 radical (unpaired) electrons. The van der Waals surface area contributed by atoms with Gasteiger partial charge in [-0.25, -0.2) is 4.98 Å². The van der Waals surface area contributed by atoms with Crippen molar-refractivity contribution >= 4 is 34.1 Å². The van der Waals surface area contributed by atoms with Crippen LogP contribution >= 0.6 is 11.3 Å². The van der Waals surface area contributed by atoms with Crippen molar-refractivity contribution in [1.29, 1.82) is 0 Å². The molecular formula is C20H24N2O5S. The molecule has 150 valence electrons. The van der Waals surface area contributed by atoms with E-state index in [1.807, 2.05) is 6.92 Å². The number of hydrogen-bond donors (Lipinski definition) is 1. The second-order valence-electron chi connectivity index (χ2n) is 5.97. The summed E-state index contributed by atoms with van der Waals surface area (Å²) < 4.78 is 10.3. The van der Waals surface area contributed by atoms with Crippen LogP contribution in [0.3, 0.4) is 0 Å². The van der Waals surface area contributed by atoms with Crippen molar-refractivity contribution in [2.24, 2.45) is 0 Å². The van der Waals surface area contributed by atoms with Crippen LogP contribution in [0.4, 0.5) is 5.13 Å². The molecule has 0 unspecified atom stereocenters. The predicted molar refractivity (Wildman–Crippen MR) is 107 cm³/mol. The molecule has 1 amide bonds. The zero-order valence-corrected chi connectivity index (χ0v) is 16.8. The molecule has 0 aliphatic rings. The van der Waals surface area contributed by atoms with Gasteiger partial charge in [0.2, 0.25) is 5.91 Å². The minimum absolute atomic E-state index is 0.0553. The summed E-state index contributed by atoms with van der Waals surface area (Å²) in [6.45, 7) is 4.71. The number of esters is 1.